The van der Waals surface area contributed by atoms with Crippen molar-refractivity contribution in [2.45, 2.75) is 55.1 Å². The second kappa shape index (κ2) is 13.5. The first-order valence-electron chi connectivity index (χ1n) is 17.9. The number of rotatable bonds is 8. The van der Waals surface area contributed by atoms with Crippen molar-refractivity contribution >= 4 is 41.9 Å². The molecule has 9 rings (SSSR count). The fraction of sp³-hybridized carbons (Fsp3) is 0.0833. The van der Waals surface area contributed by atoms with Crippen LogP contribution in [0.15, 0.2) is 233 Å². The predicted molar refractivity (Wildman–Crippen MR) is 219 cm³/mol. The molecule has 1 nitrogen and oxygen atoms in total. The Morgan fingerprint density at radius 2 is 0.725 bits per heavy atom. The Kier molecular flexibility index (Phi) is 8.39. The quantitative estimate of drug-likeness (QED) is 0.163. The number of hydrogen-bond donors (Lipinski definition) is 1. The van der Waals surface area contributed by atoms with Gasteiger partial charge in [-0.05, 0) is 120 Å². The standard InChI is InChI=1S/C48H41NS2/c1-7-19-37(20-8-1)50(38-21-9-2-10-22-38,39-23-11-3-12-24-39)43-31-33-47-45(35-43)46-36-44(32-34-48(46)49-47)51(40-25-13-4-14-26-40,41-27-15-5-16-28-41)42-29-17-6-18-30-42/h1-11,13-17,19-23,25-29,31-36,49H,12,18,24,30H2. The summed E-state index contributed by atoms with van der Waals surface area (Å²) in [7, 11) is -3.46. The van der Waals surface area contributed by atoms with Gasteiger partial charge in [0.1, 0.15) is 0 Å². The largest absolute Gasteiger partial charge is 0.355 e. The topological polar surface area (TPSA) is 15.8 Å². The van der Waals surface area contributed by atoms with E-state index < -0.39 is 20.1 Å². The van der Waals surface area contributed by atoms with Crippen molar-refractivity contribution < 1.29 is 0 Å². The van der Waals surface area contributed by atoms with Gasteiger partial charge in [-0.15, -0.1) is 20.1 Å². The van der Waals surface area contributed by atoms with Crippen LogP contribution in [0, 0.1) is 0 Å². The molecular formula is C48H41NS2. The summed E-state index contributed by atoms with van der Waals surface area (Å²) >= 11 is 0. The number of nitrogens with one attached hydrogen (secondary N) is 1. The summed E-state index contributed by atoms with van der Waals surface area (Å²) in [5.41, 5.74) is 2.36. The highest BCUT2D eigenvalue weighted by atomic mass is 32.3. The number of H-pyrrole nitrogens is 1. The molecule has 51 heavy (non-hydrogen) atoms. The maximum atomic E-state index is 3.82. The molecule has 2 aliphatic carbocycles. The summed E-state index contributed by atoms with van der Waals surface area (Å²) in [5, 5.41) is 2.57. The van der Waals surface area contributed by atoms with Crippen LogP contribution < -0.4 is 0 Å². The van der Waals surface area contributed by atoms with Gasteiger partial charge in [-0.3, -0.25) is 0 Å². The van der Waals surface area contributed by atoms with Gasteiger partial charge < -0.3 is 4.98 Å². The van der Waals surface area contributed by atoms with Gasteiger partial charge in [0, 0.05) is 51.2 Å². The van der Waals surface area contributed by atoms with E-state index in [0.717, 1.165) is 25.7 Å². The van der Waals surface area contributed by atoms with E-state index in [-0.39, 0.29) is 0 Å². The van der Waals surface area contributed by atoms with Crippen LogP contribution in [-0.4, -0.2) is 4.98 Å². The van der Waals surface area contributed by atoms with Gasteiger partial charge >= 0.3 is 0 Å². The molecule has 1 aromatic heterocycles. The molecular weight excluding hydrogens is 655 g/mol. The van der Waals surface area contributed by atoms with Crippen molar-refractivity contribution in [3.63, 3.8) is 0 Å². The van der Waals surface area contributed by atoms with Gasteiger partial charge in [0.25, 0.3) is 0 Å². The first-order valence-corrected chi connectivity index (χ1v) is 21.2. The molecule has 3 heteroatoms. The molecule has 1 heterocycles. The van der Waals surface area contributed by atoms with E-state index in [2.05, 4.69) is 199 Å². The first-order chi connectivity index (χ1) is 25.3. The molecule has 0 fully saturated rings. The van der Waals surface area contributed by atoms with Crippen LogP contribution in [0.3, 0.4) is 0 Å². The van der Waals surface area contributed by atoms with E-state index in [0.29, 0.717) is 0 Å². The number of aromatic amines is 1. The molecule has 0 radical (unpaired) electrons. The lowest BCUT2D eigenvalue weighted by molar-refractivity contribution is 1.01. The van der Waals surface area contributed by atoms with Crippen LogP contribution >= 0.6 is 20.1 Å². The predicted octanol–water partition coefficient (Wildman–Crippen LogP) is 14.4. The lowest BCUT2D eigenvalue weighted by atomic mass is 10.1. The number of allylic oxidation sites excluding steroid dienone is 8. The van der Waals surface area contributed by atoms with E-state index in [4.69, 9.17) is 0 Å². The molecule has 0 bridgehead atoms. The summed E-state index contributed by atoms with van der Waals surface area (Å²) < 4.78 is 0. The Labute approximate surface area is 304 Å². The van der Waals surface area contributed by atoms with E-state index in [1.54, 1.807) is 0 Å². The molecule has 0 spiro atoms. The molecule has 0 aliphatic heterocycles. The van der Waals surface area contributed by atoms with Gasteiger partial charge in [0.15, 0.2) is 0 Å². The Morgan fingerprint density at radius 1 is 0.373 bits per heavy atom. The molecule has 0 saturated heterocycles. The zero-order chi connectivity index (χ0) is 34.1. The van der Waals surface area contributed by atoms with Crippen LogP contribution in [0.4, 0.5) is 0 Å². The van der Waals surface area contributed by atoms with Crippen LogP contribution in [0.2, 0.25) is 0 Å². The van der Waals surface area contributed by atoms with E-state index in [1.165, 1.54) is 61.0 Å². The third kappa shape index (κ3) is 5.26. The Morgan fingerprint density at radius 3 is 1.04 bits per heavy atom. The lowest BCUT2D eigenvalue weighted by Gasteiger charge is -2.44. The minimum atomic E-state index is -1.73. The molecule has 1 N–H and O–H groups in total. The summed E-state index contributed by atoms with van der Waals surface area (Å²) in [6.45, 7) is 0. The second-order valence-electron chi connectivity index (χ2n) is 13.2. The molecule has 0 saturated carbocycles. The summed E-state index contributed by atoms with van der Waals surface area (Å²) in [6, 6.07) is 59.6. The Hall–Kier alpha value is -5.22. The van der Waals surface area contributed by atoms with Crippen LogP contribution in [-0.2, 0) is 0 Å². The molecule has 0 atom stereocenters. The van der Waals surface area contributed by atoms with Gasteiger partial charge in [-0.2, -0.15) is 0 Å². The van der Waals surface area contributed by atoms with Gasteiger partial charge in [-0.25, -0.2) is 0 Å². The second-order valence-corrected chi connectivity index (χ2v) is 19.5. The maximum Gasteiger partial charge on any atom is 0.0465 e. The fourth-order valence-corrected chi connectivity index (χ4v) is 16.4. The minimum Gasteiger partial charge on any atom is -0.355 e. The molecule has 250 valence electrons. The monoisotopic (exact) mass is 695 g/mol. The number of fused-ring (bicyclic) bond motifs is 3. The van der Waals surface area contributed by atoms with Crippen molar-refractivity contribution in [2.75, 3.05) is 0 Å². The van der Waals surface area contributed by atoms with Crippen molar-refractivity contribution in [3.05, 3.63) is 204 Å². The van der Waals surface area contributed by atoms with Crippen LogP contribution in [0.5, 0.6) is 0 Å². The van der Waals surface area contributed by atoms with E-state index in [1.807, 2.05) is 0 Å². The van der Waals surface area contributed by atoms with Gasteiger partial charge in [0.2, 0.25) is 0 Å². The molecule has 0 unspecified atom stereocenters. The molecule has 6 aromatic carbocycles. The van der Waals surface area contributed by atoms with Gasteiger partial charge in [0.05, 0.1) is 0 Å². The Bertz CT molecular complexity index is 2200. The third-order valence-corrected chi connectivity index (χ3v) is 18.5. The zero-order valence-electron chi connectivity index (χ0n) is 28.6. The summed E-state index contributed by atoms with van der Waals surface area (Å²) in [5.74, 6) is 0. The maximum absolute atomic E-state index is 3.82. The Balaban J connectivity index is 1.34. The van der Waals surface area contributed by atoms with Crippen LogP contribution in [0.25, 0.3) is 21.8 Å². The highest BCUT2D eigenvalue weighted by molar-refractivity contribution is 8.37. The SMILES string of the molecule is C1=CCCC(S(c2ccccc2)(c2ccccc2)c2ccc3[nH]c4ccc(S(C5=CC=CCC5)(c5ccccc5)c5ccccc5)cc4c3c2)=C1. The third-order valence-electron chi connectivity index (χ3n) is 10.4. The van der Waals surface area contributed by atoms with E-state index >= 15 is 0 Å². The first kappa shape index (κ1) is 31.7. The normalized spacial score (nSPS) is 15.5. The number of hydrogen-bond acceptors (Lipinski definition) is 0. The van der Waals surface area contributed by atoms with Crippen molar-refractivity contribution in [2.24, 2.45) is 0 Å². The minimum absolute atomic E-state index is 1.05. The van der Waals surface area contributed by atoms with Crippen LogP contribution in [0.1, 0.15) is 25.7 Å². The average Bonchev–Trinajstić information content (AvgIpc) is 3.59. The number of aromatic nitrogens is 1. The van der Waals surface area contributed by atoms with Gasteiger partial charge in [-0.1, -0.05) is 109 Å². The van der Waals surface area contributed by atoms with Crippen molar-refractivity contribution in [3.8, 4) is 0 Å². The van der Waals surface area contributed by atoms with Crippen molar-refractivity contribution in [1.82, 2.24) is 4.98 Å². The highest BCUT2D eigenvalue weighted by Gasteiger charge is 2.37. The molecule has 0 amide bonds. The lowest BCUT2D eigenvalue weighted by Crippen LogP contribution is -2.08. The summed E-state index contributed by atoms with van der Waals surface area (Å²) in [6.07, 6.45) is 18.2. The zero-order valence-corrected chi connectivity index (χ0v) is 30.3. The highest BCUT2D eigenvalue weighted by Crippen LogP contribution is 2.76. The van der Waals surface area contributed by atoms with Crippen molar-refractivity contribution in [1.29, 1.82) is 0 Å². The molecule has 7 aromatic rings. The average molecular weight is 696 g/mol. The fourth-order valence-electron chi connectivity index (χ4n) is 8.13. The number of benzene rings is 6. The smallest absolute Gasteiger partial charge is 0.0465 e. The molecule has 2 aliphatic rings. The van der Waals surface area contributed by atoms with E-state index in [9.17, 15) is 0 Å². The summed E-state index contributed by atoms with van der Waals surface area (Å²) in [4.78, 5) is 15.1.